The van der Waals surface area contributed by atoms with Crippen molar-refractivity contribution in [3.05, 3.63) is 29.4 Å². The summed E-state index contributed by atoms with van der Waals surface area (Å²) in [5.74, 6) is -0.653. The molecule has 1 aromatic heterocycles. The second kappa shape index (κ2) is 6.44. The number of carbonyl (C=O) groups is 1. The van der Waals surface area contributed by atoms with E-state index in [0.717, 1.165) is 0 Å². The fourth-order valence-corrected chi connectivity index (χ4v) is 4.87. The highest BCUT2D eigenvalue weighted by molar-refractivity contribution is 7.89. The molecule has 3 rings (SSSR count). The van der Waals surface area contributed by atoms with Gasteiger partial charge < -0.3 is 10.4 Å². The molecule has 7 nitrogen and oxygen atoms in total. The van der Waals surface area contributed by atoms with E-state index >= 15 is 0 Å². The standard InChI is InChI=1S/C16H18ClN3O4S/c1-18-14-12-8-10(4-5-11(12)13(17)9-19-14)25(23,24)20-16(15(21)22)6-2-3-7-16/h4-5,8-9,20H,2-3,6-7H2,1H3,(H,18,19)(H,21,22). The van der Waals surface area contributed by atoms with Gasteiger partial charge in [-0.3, -0.25) is 4.79 Å². The lowest BCUT2D eigenvalue weighted by atomic mass is 10.0. The van der Waals surface area contributed by atoms with Crippen molar-refractivity contribution >= 4 is 44.2 Å². The third-order valence-electron chi connectivity index (χ3n) is 4.55. The number of sulfonamides is 1. The van der Waals surface area contributed by atoms with Gasteiger partial charge in [0, 0.05) is 24.0 Å². The molecule has 0 saturated heterocycles. The van der Waals surface area contributed by atoms with E-state index in [0.29, 0.717) is 34.5 Å². The van der Waals surface area contributed by atoms with Crippen molar-refractivity contribution in [2.75, 3.05) is 12.4 Å². The zero-order valence-corrected chi connectivity index (χ0v) is 15.1. The SMILES string of the molecule is CNc1ncc(Cl)c2ccc(S(=O)(=O)NC3(C(=O)O)CCCC3)cc12. The van der Waals surface area contributed by atoms with Crippen molar-refractivity contribution in [3.8, 4) is 0 Å². The first-order valence-electron chi connectivity index (χ1n) is 7.82. The molecule has 1 aliphatic carbocycles. The molecule has 1 saturated carbocycles. The monoisotopic (exact) mass is 383 g/mol. The van der Waals surface area contributed by atoms with Crippen LogP contribution in [0.25, 0.3) is 10.8 Å². The Labute approximate surface area is 150 Å². The number of nitrogens with one attached hydrogen (secondary N) is 2. The van der Waals surface area contributed by atoms with Crippen LogP contribution in [0.5, 0.6) is 0 Å². The summed E-state index contributed by atoms with van der Waals surface area (Å²) in [6, 6.07) is 4.46. The van der Waals surface area contributed by atoms with E-state index in [-0.39, 0.29) is 17.7 Å². The van der Waals surface area contributed by atoms with Crippen LogP contribution in [-0.4, -0.2) is 37.1 Å². The van der Waals surface area contributed by atoms with Crippen LogP contribution in [-0.2, 0) is 14.8 Å². The Morgan fingerprint density at radius 3 is 2.56 bits per heavy atom. The number of nitrogens with zero attached hydrogens (tertiary/aromatic N) is 1. The molecular weight excluding hydrogens is 366 g/mol. The molecule has 2 aromatic rings. The Morgan fingerprint density at radius 2 is 1.96 bits per heavy atom. The van der Waals surface area contributed by atoms with Gasteiger partial charge in [0.1, 0.15) is 11.4 Å². The highest BCUT2D eigenvalue weighted by Gasteiger charge is 2.44. The summed E-state index contributed by atoms with van der Waals surface area (Å²) < 4.78 is 28.0. The lowest BCUT2D eigenvalue weighted by Crippen LogP contribution is -2.52. The Balaban J connectivity index is 2.07. The van der Waals surface area contributed by atoms with E-state index in [4.69, 9.17) is 11.6 Å². The van der Waals surface area contributed by atoms with Crippen molar-refractivity contribution in [1.29, 1.82) is 0 Å². The molecule has 0 atom stereocenters. The molecule has 1 aromatic carbocycles. The Morgan fingerprint density at radius 1 is 1.28 bits per heavy atom. The van der Waals surface area contributed by atoms with Gasteiger partial charge in [-0.05, 0) is 25.0 Å². The van der Waals surface area contributed by atoms with Gasteiger partial charge in [0.25, 0.3) is 0 Å². The zero-order chi connectivity index (χ0) is 18.2. The lowest BCUT2D eigenvalue weighted by molar-refractivity contribution is -0.143. The van der Waals surface area contributed by atoms with Crippen molar-refractivity contribution < 1.29 is 18.3 Å². The maximum absolute atomic E-state index is 12.8. The molecule has 0 unspecified atom stereocenters. The van der Waals surface area contributed by atoms with Crippen LogP contribution in [0.4, 0.5) is 5.82 Å². The van der Waals surface area contributed by atoms with Gasteiger partial charge in [-0.1, -0.05) is 30.5 Å². The smallest absolute Gasteiger partial charge is 0.324 e. The fourth-order valence-electron chi connectivity index (χ4n) is 3.21. The van der Waals surface area contributed by atoms with E-state index in [1.165, 1.54) is 18.3 Å². The van der Waals surface area contributed by atoms with Gasteiger partial charge in [-0.15, -0.1) is 0 Å². The molecule has 3 N–H and O–H groups in total. The quantitative estimate of drug-likeness (QED) is 0.732. The Kier molecular flexibility index (Phi) is 4.61. The minimum Gasteiger partial charge on any atom is -0.480 e. The second-order valence-electron chi connectivity index (χ2n) is 6.11. The number of benzene rings is 1. The maximum atomic E-state index is 12.8. The van der Waals surface area contributed by atoms with E-state index in [9.17, 15) is 18.3 Å². The normalized spacial score (nSPS) is 16.9. The summed E-state index contributed by atoms with van der Waals surface area (Å²) in [5.41, 5.74) is -1.44. The second-order valence-corrected chi connectivity index (χ2v) is 8.20. The molecule has 25 heavy (non-hydrogen) atoms. The third kappa shape index (κ3) is 3.17. The number of rotatable bonds is 5. The number of aliphatic carboxylic acids is 1. The van der Waals surface area contributed by atoms with Crippen molar-refractivity contribution in [2.24, 2.45) is 0 Å². The van der Waals surface area contributed by atoms with E-state index in [2.05, 4.69) is 15.0 Å². The highest BCUT2D eigenvalue weighted by Crippen LogP contribution is 2.33. The van der Waals surface area contributed by atoms with Gasteiger partial charge in [0.15, 0.2) is 0 Å². The first-order valence-corrected chi connectivity index (χ1v) is 9.69. The molecule has 0 amide bonds. The van der Waals surface area contributed by atoms with Crippen LogP contribution in [0.15, 0.2) is 29.3 Å². The fraction of sp³-hybridized carbons (Fsp3) is 0.375. The minimum atomic E-state index is -4.01. The van der Waals surface area contributed by atoms with E-state index in [1.54, 1.807) is 13.1 Å². The molecule has 0 aliphatic heterocycles. The molecule has 9 heteroatoms. The van der Waals surface area contributed by atoms with Gasteiger partial charge in [-0.2, -0.15) is 4.72 Å². The Hall–Kier alpha value is -1.90. The summed E-state index contributed by atoms with van der Waals surface area (Å²) in [4.78, 5) is 15.7. The predicted molar refractivity (Wildman–Crippen MR) is 95.5 cm³/mol. The third-order valence-corrected chi connectivity index (χ3v) is 6.39. The number of carboxylic acids is 1. The molecule has 1 heterocycles. The van der Waals surface area contributed by atoms with E-state index < -0.39 is 21.5 Å². The van der Waals surface area contributed by atoms with Crippen LogP contribution in [0, 0.1) is 0 Å². The summed E-state index contributed by atoms with van der Waals surface area (Å²) in [6.07, 6.45) is 3.40. The number of pyridine rings is 1. The van der Waals surface area contributed by atoms with Crippen molar-refractivity contribution in [1.82, 2.24) is 9.71 Å². The highest BCUT2D eigenvalue weighted by atomic mass is 35.5. The van der Waals surface area contributed by atoms with Crippen LogP contribution in [0.3, 0.4) is 0 Å². The van der Waals surface area contributed by atoms with Gasteiger partial charge in [-0.25, -0.2) is 13.4 Å². The largest absolute Gasteiger partial charge is 0.480 e. The molecule has 0 spiro atoms. The van der Waals surface area contributed by atoms with Crippen LogP contribution in [0.1, 0.15) is 25.7 Å². The molecular formula is C16H18ClN3O4S. The topological polar surface area (TPSA) is 108 Å². The summed E-state index contributed by atoms with van der Waals surface area (Å²) >= 11 is 6.12. The number of carboxylic acid groups (broad SMARTS) is 1. The van der Waals surface area contributed by atoms with Gasteiger partial charge in [0.2, 0.25) is 10.0 Å². The number of halogens is 1. The average Bonchev–Trinajstić information content (AvgIpc) is 3.04. The summed E-state index contributed by atoms with van der Waals surface area (Å²) in [5, 5.41) is 14.0. The minimum absolute atomic E-state index is 0.0203. The van der Waals surface area contributed by atoms with E-state index in [1.807, 2.05) is 0 Å². The number of hydrogen-bond donors (Lipinski definition) is 3. The number of fused-ring (bicyclic) bond motifs is 1. The Bertz CT molecular complexity index is 940. The maximum Gasteiger partial charge on any atom is 0.324 e. The zero-order valence-electron chi connectivity index (χ0n) is 13.5. The number of anilines is 1. The van der Waals surface area contributed by atoms with Crippen LogP contribution in [0.2, 0.25) is 5.02 Å². The van der Waals surface area contributed by atoms with Gasteiger partial charge in [0.05, 0.1) is 9.92 Å². The van der Waals surface area contributed by atoms with Crippen LogP contribution < -0.4 is 10.0 Å². The predicted octanol–water partition coefficient (Wildman–Crippen LogP) is 2.61. The first-order chi connectivity index (χ1) is 11.8. The molecule has 0 bridgehead atoms. The van der Waals surface area contributed by atoms with Crippen molar-refractivity contribution in [2.45, 2.75) is 36.1 Å². The number of aromatic nitrogens is 1. The average molecular weight is 384 g/mol. The number of hydrogen-bond acceptors (Lipinski definition) is 5. The van der Waals surface area contributed by atoms with Gasteiger partial charge >= 0.3 is 5.97 Å². The molecule has 134 valence electrons. The summed E-state index contributed by atoms with van der Waals surface area (Å²) in [7, 11) is -2.33. The lowest BCUT2D eigenvalue weighted by Gasteiger charge is -2.25. The molecule has 1 fully saturated rings. The van der Waals surface area contributed by atoms with Crippen molar-refractivity contribution in [3.63, 3.8) is 0 Å². The first kappa shape index (κ1) is 17.9. The summed E-state index contributed by atoms with van der Waals surface area (Å²) in [6.45, 7) is 0. The molecule has 0 radical (unpaired) electrons. The van der Waals surface area contributed by atoms with Crippen LogP contribution >= 0.6 is 11.6 Å². The molecule has 1 aliphatic rings.